The second-order valence-corrected chi connectivity index (χ2v) is 9.52. The maximum Gasteiger partial charge on any atom is 0.261 e. The number of piperazine rings is 1. The van der Waals surface area contributed by atoms with Gasteiger partial charge in [-0.2, -0.15) is 0 Å². The van der Waals surface area contributed by atoms with E-state index in [2.05, 4.69) is 20.3 Å². The molecule has 1 amide bonds. The molecule has 7 nitrogen and oxygen atoms in total. The number of carbonyl (C=O) groups is 1. The van der Waals surface area contributed by atoms with E-state index in [-0.39, 0.29) is 27.6 Å². The standard InChI is InChI=1S/C21H26ClFN4O3S/c1-3-14(2)25-21(28)17-12-15(4-7-20(17)27-10-8-24-9-11-27)26-31(29,30)16-5-6-19(23)18(22)13-16/h4-7,12-14,24,26H,3,8-11H2,1-2H3,(H,25,28). The third kappa shape index (κ3) is 5.66. The summed E-state index contributed by atoms with van der Waals surface area (Å²) in [5.41, 5.74) is 1.36. The van der Waals surface area contributed by atoms with Crippen LogP contribution in [-0.4, -0.2) is 46.5 Å². The minimum Gasteiger partial charge on any atom is -0.368 e. The van der Waals surface area contributed by atoms with Gasteiger partial charge in [0.1, 0.15) is 5.82 Å². The molecule has 0 radical (unpaired) electrons. The van der Waals surface area contributed by atoms with Crippen molar-refractivity contribution in [2.75, 3.05) is 35.8 Å². The van der Waals surface area contributed by atoms with Gasteiger partial charge in [-0.1, -0.05) is 18.5 Å². The highest BCUT2D eigenvalue weighted by Gasteiger charge is 2.22. The Balaban J connectivity index is 1.94. The van der Waals surface area contributed by atoms with Gasteiger partial charge in [0, 0.05) is 43.6 Å². The number of carbonyl (C=O) groups excluding carboxylic acids is 1. The van der Waals surface area contributed by atoms with E-state index in [9.17, 15) is 17.6 Å². The van der Waals surface area contributed by atoms with Gasteiger partial charge in [-0.05, 0) is 49.7 Å². The van der Waals surface area contributed by atoms with Crippen molar-refractivity contribution in [1.29, 1.82) is 0 Å². The van der Waals surface area contributed by atoms with Crippen LogP contribution in [-0.2, 0) is 10.0 Å². The number of hydrogen-bond donors (Lipinski definition) is 3. The third-order valence-corrected chi connectivity index (χ3v) is 6.81. The normalized spacial score (nSPS) is 15.4. The summed E-state index contributed by atoms with van der Waals surface area (Å²) in [6.45, 7) is 6.96. The summed E-state index contributed by atoms with van der Waals surface area (Å²) in [5, 5.41) is 5.93. The number of amides is 1. The Labute approximate surface area is 187 Å². The molecule has 3 rings (SSSR count). The maximum absolute atomic E-state index is 13.4. The van der Waals surface area contributed by atoms with E-state index < -0.39 is 15.8 Å². The van der Waals surface area contributed by atoms with E-state index in [0.717, 1.165) is 56.5 Å². The number of benzene rings is 2. The van der Waals surface area contributed by atoms with Crippen molar-refractivity contribution in [2.45, 2.75) is 31.2 Å². The first-order valence-corrected chi connectivity index (χ1v) is 12.0. The molecule has 1 saturated heterocycles. The van der Waals surface area contributed by atoms with Crippen LogP contribution in [0.25, 0.3) is 0 Å². The monoisotopic (exact) mass is 468 g/mol. The Morgan fingerprint density at radius 2 is 1.94 bits per heavy atom. The van der Waals surface area contributed by atoms with Crippen LogP contribution in [0.4, 0.5) is 15.8 Å². The molecule has 2 aromatic rings. The zero-order valence-corrected chi connectivity index (χ0v) is 19.0. The molecule has 1 aliphatic heterocycles. The summed E-state index contributed by atoms with van der Waals surface area (Å²) in [4.78, 5) is 14.9. The van der Waals surface area contributed by atoms with Gasteiger partial charge in [-0.3, -0.25) is 9.52 Å². The molecule has 1 atom stereocenters. The molecule has 0 aromatic heterocycles. The zero-order chi connectivity index (χ0) is 22.6. The highest BCUT2D eigenvalue weighted by molar-refractivity contribution is 7.92. The minimum atomic E-state index is -4.02. The van der Waals surface area contributed by atoms with Crippen LogP contribution < -0.4 is 20.3 Å². The Hall–Kier alpha value is -2.36. The van der Waals surface area contributed by atoms with Gasteiger partial charge in [0.2, 0.25) is 0 Å². The summed E-state index contributed by atoms with van der Waals surface area (Å²) in [5.74, 6) is -0.973. The van der Waals surface area contributed by atoms with Crippen molar-refractivity contribution in [3.05, 3.63) is 52.8 Å². The second-order valence-electron chi connectivity index (χ2n) is 7.43. The number of sulfonamides is 1. The van der Waals surface area contributed by atoms with Crippen LogP contribution in [0.1, 0.15) is 30.6 Å². The zero-order valence-electron chi connectivity index (χ0n) is 17.4. The van der Waals surface area contributed by atoms with Gasteiger partial charge in [-0.15, -0.1) is 0 Å². The number of nitrogens with one attached hydrogen (secondary N) is 3. The van der Waals surface area contributed by atoms with Crippen molar-refractivity contribution < 1.29 is 17.6 Å². The van der Waals surface area contributed by atoms with Gasteiger partial charge < -0.3 is 15.5 Å². The van der Waals surface area contributed by atoms with Crippen LogP contribution in [0.2, 0.25) is 5.02 Å². The first-order valence-electron chi connectivity index (χ1n) is 10.1. The molecule has 1 unspecified atom stereocenters. The molecule has 0 saturated carbocycles. The Bertz CT molecular complexity index is 1060. The van der Waals surface area contributed by atoms with Gasteiger partial charge in [-0.25, -0.2) is 12.8 Å². The van der Waals surface area contributed by atoms with Gasteiger partial charge in [0.05, 0.1) is 15.5 Å². The third-order valence-electron chi connectivity index (χ3n) is 5.14. The lowest BCUT2D eigenvalue weighted by molar-refractivity contribution is 0.0939. The SMILES string of the molecule is CCC(C)NC(=O)c1cc(NS(=O)(=O)c2ccc(F)c(Cl)c2)ccc1N1CCNCC1. The molecule has 31 heavy (non-hydrogen) atoms. The lowest BCUT2D eigenvalue weighted by Gasteiger charge is -2.31. The van der Waals surface area contributed by atoms with E-state index >= 15 is 0 Å². The fourth-order valence-electron chi connectivity index (χ4n) is 3.22. The molecular weight excluding hydrogens is 443 g/mol. The quantitative estimate of drug-likeness (QED) is 0.580. The molecule has 1 heterocycles. The summed E-state index contributed by atoms with van der Waals surface area (Å²) in [6.07, 6.45) is 0.770. The molecule has 168 valence electrons. The van der Waals surface area contributed by atoms with Crippen molar-refractivity contribution in [1.82, 2.24) is 10.6 Å². The van der Waals surface area contributed by atoms with E-state index in [1.807, 2.05) is 13.8 Å². The van der Waals surface area contributed by atoms with Crippen LogP contribution in [0, 0.1) is 5.82 Å². The van der Waals surface area contributed by atoms with E-state index in [1.165, 1.54) is 6.07 Å². The lowest BCUT2D eigenvalue weighted by Crippen LogP contribution is -2.44. The number of rotatable bonds is 7. The summed E-state index contributed by atoms with van der Waals surface area (Å²) >= 11 is 5.73. The lowest BCUT2D eigenvalue weighted by atomic mass is 10.1. The van der Waals surface area contributed by atoms with Crippen molar-refractivity contribution in [2.24, 2.45) is 0 Å². The molecule has 0 bridgehead atoms. The molecule has 2 aromatic carbocycles. The largest absolute Gasteiger partial charge is 0.368 e. The van der Waals surface area contributed by atoms with Gasteiger partial charge in [0.25, 0.3) is 15.9 Å². The predicted molar refractivity (Wildman–Crippen MR) is 121 cm³/mol. The van der Waals surface area contributed by atoms with E-state index in [0.29, 0.717) is 5.56 Å². The van der Waals surface area contributed by atoms with Crippen molar-refractivity contribution in [3.63, 3.8) is 0 Å². The predicted octanol–water partition coefficient (Wildman–Crippen LogP) is 3.22. The van der Waals surface area contributed by atoms with Crippen LogP contribution in [0.5, 0.6) is 0 Å². The second kappa shape index (κ2) is 9.84. The summed E-state index contributed by atoms with van der Waals surface area (Å²) in [7, 11) is -4.02. The average Bonchev–Trinajstić information content (AvgIpc) is 2.75. The van der Waals surface area contributed by atoms with Crippen LogP contribution in [0.15, 0.2) is 41.3 Å². The first-order chi connectivity index (χ1) is 14.7. The average molecular weight is 469 g/mol. The van der Waals surface area contributed by atoms with Gasteiger partial charge in [0.15, 0.2) is 0 Å². The summed E-state index contributed by atoms with van der Waals surface area (Å²) in [6, 6.07) is 8.03. The molecule has 10 heteroatoms. The first kappa shape index (κ1) is 23.3. The Morgan fingerprint density at radius 3 is 2.58 bits per heavy atom. The molecule has 0 spiro atoms. The molecule has 1 fully saturated rings. The van der Waals surface area contributed by atoms with Crippen LogP contribution >= 0.6 is 11.6 Å². The smallest absolute Gasteiger partial charge is 0.261 e. The fraction of sp³-hybridized carbons (Fsp3) is 0.381. The van der Waals surface area contributed by atoms with E-state index in [1.54, 1.807) is 12.1 Å². The molecular formula is C21H26ClFN4O3S. The molecule has 3 N–H and O–H groups in total. The Kier molecular flexibility index (Phi) is 7.40. The number of hydrogen-bond acceptors (Lipinski definition) is 5. The fourth-order valence-corrected chi connectivity index (χ4v) is 4.55. The molecule has 0 aliphatic carbocycles. The topological polar surface area (TPSA) is 90.5 Å². The Morgan fingerprint density at radius 1 is 1.23 bits per heavy atom. The van der Waals surface area contributed by atoms with Crippen molar-refractivity contribution in [3.8, 4) is 0 Å². The highest BCUT2D eigenvalue weighted by atomic mass is 35.5. The summed E-state index contributed by atoms with van der Waals surface area (Å²) < 4.78 is 41.4. The van der Waals surface area contributed by atoms with Gasteiger partial charge >= 0.3 is 0 Å². The van der Waals surface area contributed by atoms with Crippen LogP contribution in [0.3, 0.4) is 0 Å². The van der Waals surface area contributed by atoms with Crippen molar-refractivity contribution >= 4 is 38.9 Å². The number of halogens is 2. The number of anilines is 2. The highest BCUT2D eigenvalue weighted by Crippen LogP contribution is 2.27. The molecule has 1 aliphatic rings. The number of nitrogens with zero attached hydrogens (tertiary/aromatic N) is 1. The minimum absolute atomic E-state index is 0.0231. The maximum atomic E-state index is 13.4. The van der Waals surface area contributed by atoms with E-state index in [4.69, 9.17) is 11.6 Å².